The lowest BCUT2D eigenvalue weighted by Crippen LogP contribution is -2.15. The number of nitrogen functional groups attached to an aromatic ring is 1. The van der Waals surface area contributed by atoms with Crippen molar-refractivity contribution in [1.29, 1.82) is 0 Å². The zero-order valence-corrected chi connectivity index (χ0v) is 12.7. The summed E-state index contributed by atoms with van der Waals surface area (Å²) in [6.45, 7) is 1.87. The van der Waals surface area contributed by atoms with Crippen molar-refractivity contribution in [3.05, 3.63) is 51.6 Å². The topological polar surface area (TPSA) is 68.0 Å². The van der Waals surface area contributed by atoms with Crippen molar-refractivity contribution in [1.82, 2.24) is 4.98 Å². The molecule has 0 aliphatic heterocycles. The molecule has 0 fully saturated rings. The minimum Gasteiger partial charge on any atom is -0.384 e. The van der Waals surface area contributed by atoms with Crippen molar-refractivity contribution in [3.63, 3.8) is 0 Å². The van der Waals surface area contributed by atoms with Crippen LogP contribution in [-0.2, 0) is 6.42 Å². The fraction of sp³-hybridized carbons (Fsp3) is 0.143. The van der Waals surface area contributed by atoms with E-state index >= 15 is 0 Å². The molecule has 0 aliphatic carbocycles. The lowest BCUT2D eigenvalue weighted by atomic mass is 10.1. The summed E-state index contributed by atoms with van der Waals surface area (Å²) in [4.78, 5) is 16.2. The molecule has 4 nitrogen and oxygen atoms in total. The van der Waals surface area contributed by atoms with E-state index in [0.717, 1.165) is 6.07 Å². The highest BCUT2D eigenvalue weighted by Gasteiger charge is 2.15. The summed E-state index contributed by atoms with van der Waals surface area (Å²) in [7, 11) is 0. The Morgan fingerprint density at radius 3 is 2.67 bits per heavy atom. The van der Waals surface area contributed by atoms with E-state index in [0.29, 0.717) is 18.2 Å². The number of nitrogens with two attached hydrogens (primary N) is 1. The van der Waals surface area contributed by atoms with E-state index < -0.39 is 17.5 Å². The molecule has 1 heterocycles. The molecule has 1 aromatic heterocycles. The van der Waals surface area contributed by atoms with Crippen LogP contribution in [0.5, 0.6) is 0 Å². The van der Waals surface area contributed by atoms with Crippen LogP contribution in [0.15, 0.2) is 28.7 Å². The Hall–Kier alpha value is -2.02. The number of carbonyl (C=O) groups excluding carboxylic acids is 1. The largest absolute Gasteiger partial charge is 0.384 e. The molecule has 0 bridgehead atoms. The number of hydrogen-bond donors (Lipinski definition) is 2. The maximum Gasteiger partial charge on any atom is 0.255 e. The van der Waals surface area contributed by atoms with Crippen LogP contribution in [0.3, 0.4) is 0 Å². The Balaban J connectivity index is 2.32. The molecular formula is C14H12BrF2N3O. The van der Waals surface area contributed by atoms with Crippen LogP contribution in [0.2, 0.25) is 0 Å². The second kappa shape index (κ2) is 6.17. The highest BCUT2D eigenvalue weighted by atomic mass is 79.9. The average Bonchev–Trinajstić information content (AvgIpc) is 2.41. The number of nitrogens with one attached hydrogen (secondary N) is 1. The first-order chi connectivity index (χ1) is 9.90. The van der Waals surface area contributed by atoms with E-state index in [4.69, 9.17) is 5.73 Å². The third-order valence-electron chi connectivity index (χ3n) is 2.77. The van der Waals surface area contributed by atoms with Crippen LogP contribution in [0, 0.1) is 11.6 Å². The van der Waals surface area contributed by atoms with Crippen molar-refractivity contribution in [2.75, 3.05) is 11.1 Å². The summed E-state index contributed by atoms with van der Waals surface area (Å²) < 4.78 is 26.8. The summed E-state index contributed by atoms with van der Waals surface area (Å²) in [6.07, 6.45) is 0.611. The van der Waals surface area contributed by atoms with Gasteiger partial charge in [-0.25, -0.2) is 13.8 Å². The molecule has 21 heavy (non-hydrogen) atoms. The van der Waals surface area contributed by atoms with Gasteiger partial charge in [-0.2, -0.15) is 0 Å². The van der Waals surface area contributed by atoms with Crippen molar-refractivity contribution in [3.8, 4) is 0 Å². The molecule has 0 radical (unpaired) electrons. The second-order valence-electron chi connectivity index (χ2n) is 4.32. The molecule has 0 aliphatic rings. The zero-order chi connectivity index (χ0) is 15.6. The van der Waals surface area contributed by atoms with Crippen LogP contribution < -0.4 is 11.1 Å². The monoisotopic (exact) mass is 355 g/mol. The predicted molar refractivity (Wildman–Crippen MR) is 80.0 cm³/mol. The first kappa shape index (κ1) is 15.4. The standard InChI is InChI=1S/C14H12BrF2N3O/c1-2-9-3-7(4-12(18)19-9)14(21)20-13-10(15)5-8(16)6-11(13)17/h3-6H,2H2,1H3,(H2,18,19)(H,20,21). The predicted octanol–water partition coefficient (Wildman–Crippen LogP) is 3.52. The number of pyridine rings is 1. The molecule has 110 valence electrons. The molecule has 0 saturated carbocycles. The third kappa shape index (κ3) is 3.55. The maximum atomic E-state index is 13.7. The number of benzene rings is 1. The molecule has 2 aromatic rings. The average molecular weight is 356 g/mol. The molecule has 3 N–H and O–H groups in total. The fourth-order valence-corrected chi connectivity index (χ4v) is 2.28. The van der Waals surface area contributed by atoms with Gasteiger partial charge in [0, 0.05) is 21.8 Å². The van der Waals surface area contributed by atoms with Crippen LogP contribution in [0.25, 0.3) is 0 Å². The van der Waals surface area contributed by atoms with Gasteiger partial charge in [0.15, 0.2) is 5.82 Å². The Kier molecular flexibility index (Phi) is 4.52. The molecule has 0 atom stereocenters. The quantitative estimate of drug-likeness (QED) is 0.884. The smallest absolute Gasteiger partial charge is 0.255 e. The Labute approximate surface area is 128 Å². The minimum atomic E-state index is -0.868. The van der Waals surface area contributed by atoms with Gasteiger partial charge in [0.25, 0.3) is 5.91 Å². The van der Waals surface area contributed by atoms with E-state index in [1.165, 1.54) is 6.07 Å². The zero-order valence-electron chi connectivity index (χ0n) is 11.1. The minimum absolute atomic E-state index is 0.117. The molecule has 0 unspecified atom stereocenters. The van der Waals surface area contributed by atoms with Crippen molar-refractivity contribution in [2.24, 2.45) is 0 Å². The van der Waals surface area contributed by atoms with Crippen LogP contribution in [0.4, 0.5) is 20.3 Å². The number of aromatic nitrogens is 1. The first-order valence-corrected chi connectivity index (χ1v) is 6.92. The lowest BCUT2D eigenvalue weighted by molar-refractivity contribution is 0.102. The Bertz CT molecular complexity index is 684. The lowest BCUT2D eigenvalue weighted by Gasteiger charge is -2.10. The van der Waals surface area contributed by atoms with Gasteiger partial charge in [0.2, 0.25) is 0 Å². The second-order valence-corrected chi connectivity index (χ2v) is 5.18. The third-order valence-corrected chi connectivity index (χ3v) is 3.39. The van der Waals surface area contributed by atoms with Crippen molar-refractivity contribution in [2.45, 2.75) is 13.3 Å². The van der Waals surface area contributed by atoms with E-state index in [1.54, 1.807) is 6.07 Å². The van der Waals surface area contributed by atoms with Crippen LogP contribution in [-0.4, -0.2) is 10.9 Å². The number of nitrogens with zero attached hydrogens (tertiary/aromatic N) is 1. The number of amides is 1. The summed E-state index contributed by atoms with van der Waals surface area (Å²) in [5, 5.41) is 2.39. The summed E-state index contributed by atoms with van der Waals surface area (Å²) >= 11 is 3.01. The number of aryl methyl sites for hydroxylation is 1. The van der Waals surface area contributed by atoms with Gasteiger partial charge in [0.1, 0.15) is 11.6 Å². The number of carbonyl (C=O) groups is 1. The van der Waals surface area contributed by atoms with E-state index in [9.17, 15) is 13.6 Å². The molecule has 7 heteroatoms. The molecule has 1 aromatic carbocycles. The Morgan fingerprint density at radius 1 is 1.33 bits per heavy atom. The van der Waals surface area contributed by atoms with Crippen LogP contribution in [0.1, 0.15) is 23.0 Å². The van der Waals surface area contributed by atoms with E-state index in [1.807, 2.05) is 6.92 Å². The van der Waals surface area contributed by atoms with Gasteiger partial charge in [-0.3, -0.25) is 4.79 Å². The fourth-order valence-electron chi connectivity index (χ4n) is 1.77. The van der Waals surface area contributed by atoms with Gasteiger partial charge in [-0.1, -0.05) is 6.92 Å². The highest BCUT2D eigenvalue weighted by molar-refractivity contribution is 9.10. The van der Waals surface area contributed by atoms with Gasteiger partial charge in [-0.15, -0.1) is 0 Å². The van der Waals surface area contributed by atoms with E-state index in [-0.39, 0.29) is 21.5 Å². The van der Waals surface area contributed by atoms with Gasteiger partial charge >= 0.3 is 0 Å². The molecular weight excluding hydrogens is 344 g/mol. The number of hydrogen-bond acceptors (Lipinski definition) is 3. The first-order valence-electron chi connectivity index (χ1n) is 6.13. The SMILES string of the molecule is CCc1cc(C(=O)Nc2c(F)cc(F)cc2Br)cc(N)n1. The molecule has 0 spiro atoms. The van der Waals surface area contributed by atoms with Crippen molar-refractivity contribution < 1.29 is 13.6 Å². The van der Waals surface area contributed by atoms with E-state index in [2.05, 4.69) is 26.2 Å². The maximum absolute atomic E-state index is 13.7. The van der Waals surface area contributed by atoms with Gasteiger partial charge in [0.05, 0.1) is 5.69 Å². The highest BCUT2D eigenvalue weighted by Crippen LogP contribution is 2.27. The van der Waals surface area contributed by atoms with Crippen LogP contribution >= 0.6 is 15.9 Å². The van der Waals surface area contributed by atoms with Gasteiger partial charge in [-0.05, 0) is 40.5 Å². The summed E-state index contributed by atoms with van der Waals surface area (Å²) in [5.41, 5.74) is 6.40. The van der Waals surface area contributed by atoms with Crippen molar-refractivity contribution >= 4 is 33.3 Å². The number of rotatable bonds is 3. The number of halogens is 3. The Morgan fingerprint density at radius 2 is 2.05 bits per heavy atom. The van der Waals surface area contributed by atoms with Gasteiger partial charge < -0.3 is 11.1 Å². The number of anilines is 2. The summed E-state index contributed by atoms with van der Waals surface area (Å²) in [5.74, 6) is -1.95. The summed E-state index contributed by atoms with van der Waals surface area (Å²) in [6, 6.07) is 4.72. The molecule has 0 saturated heterocycles. The molecule has 1 amide bonds. The molecule has 2 rings (SSSR count). The normalized spacial score (nSPS) is 10.5.